The SMILES string of the molecule is COC(=O)CCCCCCCCC(CS(=O)O)S(=O)(=O)O. The van der Waals surface area contributed by atoms with Crippen molar-refractivity contribution in [2.24, 2.45) is 0 Å². The molecule has 126 valence electrons. The van der Waals surface area contributed by atoms with Gasteiger partial charge in [0.2, 0.25) is 0 Å². The molecule has 0 aliphatic heterocycles. The standard InChI is InChI=1S/C12H24O7S2/c1-19-12(13)9-7-5-3-2-4-6-8-11(10-20(14)15)21(16,17)18/h11H,2-10H2,1H3,(H,14,15)(H,16,17,18). The van der Waals surface area contributed by atoms with Gasteiger partial charge in [0.25, 0.3) is 10.1 Å². The summed E-state index contributed by atoms with van der Waals surface area (Å²) in [5.41, 5.74) is 0. The monoisotopic (exact) mass is 344 g/mol. The van der Waals surface area contributed by atoms with Gasteiger partial charge in [-0.15, -0.1) is 0 Å². The molecular weight excluding hydrogens is 320 g/mol. The smallest absolute Gasteiger partial charge is 0.305 e. The second kappa shape index (κ2) is 11.1. The molecule has 0 aliphatic rings. The fourth-order valence-electron chi connectivity index (χ4n) is 1.93. The Balaban J connectivity index is 3.72. The summed E-state index contributed by atoms with van der Waals surface area (Å²) in [5, 5.41) is -1.18. The van der Waals surface area contributed by atoms with E-state index in [1.54, 1.807) is 0 Å². The molecule has 9 heteroatoms. The number of hydrogen-bond donors (Lipinski definition) is 2. The maximum Gasteiger partial charge on any atom is 0.305 e. The van der Waals surface area contributed by atoms with Gasteiger partial charge in [0.05, 0.1) is 12.9 Å². The second-order valence-electron chi connectivity index (χ2n) is 4.86. The minimum atomic E-state index is -4.28. The van der Waals surface area contributed by atoms with E-state index in [1.165, 1.54) is 7.11 Å². The molecule has 0 aromatic carbocycles. The second-order valence-corrected chi connectivity index (χ2v) is 7.53. The van der Waals surface area contributed by atoms with Gasteiger partial charge in [-0.1, -0.05) is 32.1 Å². The number of carbonyl (C=O) groups excluding carboxylic acids is 1. The van der Waals surface area contributed by atoms with E-state index in [0.717, 1.165) is 32.1 Å². The molecule has 2 unspecified atom stereocenters. The number of carbonyl (C=O) groups is 1. The van der Waals surface area contributed by atoms with Crippen molar-refractivity contribution in [1.82, 2.24) is 0 Å². The van der Waals surface area contributed by atoms with Crippen molar-refractivity contribution < 1.29 is 31.3 Å². The normalized spacial score (nSPS) is 14.6. The van der Waals surface area contributed by atoms with Gasteiger partial charge < -0.3 is 9.29 Å². The van der Waals surface area contributed by atoms with Crippen LogP contribution in [-0.4, -0.2) is 45.8 Å². The third-order valence-corrected chi connectivity index (χ3v) is 5.28. The first-order chi connectivity index (χ1) is 9.77. The van der Waals surface area contributed by atoms with Gasteiger partial charge >= 0.3 is 5.97 Å². The lowest BCUT2D eigenvalue weighted by molar-refractivity contribution is -0.140. The summed E-state index contributed by atoms with van der Waals surface area (Å²) in [7, 11) is -2.92. The van der Waals surface area contributed by atoms with Crippen LogP contribution in [0.25, 0.3) is 0 Å². The van der Waals surface area contributed by atoms with E-state index >= 15 is 0 Å². The van der Waals surface area contributed by atoms with Gasteiger partial charge in [-0.25, -0.2) is 4.21 Å². The summed E-state index contributed by atoms with van der Waals surface area (Å²) in [6.45, 7) is 0. The highest BCUT2D eigenvalue weighted by atomic mass is 32.2. The number of ether oxygens (including phenoxy) is 1. The Labute approximate surface area is 128 Å². The Morgan fingerprint density at radius 2 is 1.67 bits per heavy atom. The van der Waals surface area contributed by atoms with Crippen molar-refractivity contribution in [3.63, 3.8) is 0 Å². The Kier molecular flexibility index (Phi) is 10.8. The van der Waals surface area contributed by atoms with Gasteiger partial charge in [0.1, 0.15) is 5.25 Å². The van der Waals surface area contributed by atoms with E-state index < -0.39 is 32.2 Å². The summed E-state index contributed by atoms with van der Waals surface area (Å²) in [4.78, 5) is 10.9. The quantitative estimate of drug-likeness (QED) is 0.240. The fourth-order valence-corrected chi connectivity index (χ4v) is 3.91. The van der Waals surface area contributed by atoms with Crippen molar-refractivity contribution in [2.45, 2.75) is 56.6 Å². The topological polar surface area (TPSA) is 118 Å². The summed E-state index contributed by atoms with van der Waals surface area (Å²) in [6, 6.07) is 0. The van der Waals surface area contributed by atoms with Gasteiger partial charge in [-0.05, 0) is 12.8 Å². The molecule has 0 aromatic heterocycles. The van der Waals surface area contributed by atoms with Gasteiger partial charge in [-0.3, -0.25) is 9.35 Å². The van der Waals surface area contributed by atoms with Gasteiger partial charge in [0, 0.05) is 6.42 Å². The van der Waals surface area contributed by atoms with Crippen LogP contribution in [-0.2, 0) is 30.7 Å². The van der Waals surface area contributed by atoms with Crippen molar-refractivity contribution in [3.8, 4) is 0 Å². The average molecular weight is 344 g/mol. The Morgan fingerprint density at radius 3 is 2.14 bits per heavy atom. The molecule has 7 nitrogen and oxygen atoms in total. The van der Waals surface area contributed by atoms with E-state index in [4.69, 9.17) is 9.11 Å². The highest BCUT2D eigenvalue weighted by Gasteiger charge is 2.24. The molecule has 0 saturated heterocycles. The van der Waals surface area contributed by atoms with Crippen LogP contribution in [0.3, 0.4) is 0 Å². The maximum atomic E-state index is 11.0. The molecule has 0 amide bonds. The third kappa shape index (κ3) is 11.8. The number of hydrogen-bond acceptors (Lipinski definition) is 5. The van der Waals surface area contributed by atoms with Crippen LogP contribution in [0.4, 0.5) is 0 Å². The Morgan fingerprint density at radius 1 is 1.14 bits per heavy atom. The molecule has 2 atom stereocenters. The number of esters is 1. The van der Waals surface area contributed by atoms with E-state index in [2.05, 4.69) is 4.74 Å². The highest BCUT2D eigenvalue weighted by Crippen LogP contribution is 2.14. The zero-order chi connectivity index (χ0) is 16.3. The van der Waals surface area contributed by atoms with E-state index in [1.807, 2.05) is 0 Å². The van der Waals surface area contributed by atoms with Crippen molar-refractivity contribution >= 4 is 27.2 Å². The molecule has 0 saturated carbocycles. The largest absolute Gasteiger partial charge is 0.469 e. The highest BCUT2D eigenvalue weighted by molar-refractivity contribution is 7.88. The first kappa shape index (κ1) is 20.5. The van der Waals surface area contributed by atoms with Crippen molar-refractivity contribution in [3.05, 3.63) is 0 Å². The number of rotatable bonds is 12. The molecule has 21 heavy (non-hydrogen) atoms. The van der Waals surface area contributed by atoms with E-state index in [0.29, 0.717) is 12.8 Å². The lowest BCUT2D eigenvalue weighted by Gasteiger charge is -2.11. The van der Waals surface area contributed by atoms with Crippen LogP contribution in [0.5, 0.6) is 0 Å². The van der Waals surface area contributed by atoms with Crippen LogP contribution >= 0.6 is 0 Å². The molecule has 0 aliphatic carbocycles. The predicted octanol–water partition coefficient (Wildman–Crippen LogP) is 1.76. The van der Waals surface area contributed by atoms with Crippen LogP contribution in [0.1, 0.15) is 51.4 Å². The first-order valence-electron chi connectivity index (χ1n) is 6.88. The number of methoxy groups -OCH3 is 1. The summed E-state index contributed by atoms with van der Waals surface area (Å²) in [6.07, 6.45) is 5.42. The molecule has 0 radical (unpaired) electrons. The zero-order valence-corrected chi connectivity index (χ0v) is 13.8. The van der Waals surface area contributed by atoms with E-state index in [-0.39, 0.29) is 12.4 Å². The molecule has 0 bridgehead atoms. The van der Waals surface area contributed by atoms with Crippen LogP contribution in [0.2, 0.25) is 0 Å². The molecule has 2 N–H and O–H groups in total. The Bertz CT molecular complexity index is 419. The molecule has 0 aromatic rings. The summed E-state index contributed by atoms with van der Waals surface area (Å²) < 4.78 is 54.9. The summed E-state index contributed by atoms with van der Waals surface area (Å²) in [5.74, 6) is -0.680. The summed E-state index contributed by atoms with van der Waals surface area (Å²) >= 11 is -2.24. The fraction of sp³-hybridized carbons (Fsp3) is 0.917. The van der Waals surface area contributed by atoms with E-state index in [9.17, 15) is 17.4 Å². The minimum Gasteiger partial charge on any atom is -0.469 e. The molecule has 0 fully saturated rings. The molecule has 0 rings (SSSR count). The lowest BCUT2D eigenvalue weighted by Crippen LogP contribution is -2.26. The average Bonchev–Trinajstić information content (AvgIpc) is 2.38. The minimum absolute atomic E-state index is 0.174. The van der Waals surface area contributed by atoms with Crippen LogP contribution in [0, 0.1) is 0 Å². The Hall–Kier alpha value is -0.510. The molecule has 0 spiro atoms. The van der Waals surface area contributed by atoms with Crippen LogP contribution in [0.15, 0.2) is 0 Å². The van der Waals surface area contributed by atoms with Crippen molar-refractivity contribution in [2.75, 3.05) is 12.9 Å². The van der Waals surface area contributed by atoms with Crippen molar-refractivity contribution in [1.29, 1.82) is 0 Å². The van der Waals surface area contributed by atoms with Crippen LogP contribution < -0.4 is 0 Å². The predicted molar refractivity (Wildman–Crippen MR) is 79.9 cm³/mol. The number of unbranched alkanes of at least 4 members (excludes halogenated alkanes) is 5. The third-order valence-electron chi connectivity index (χ3n) is 3.13. The molecule has 0 heterocycles. The zero-order valence-electron chi connectivity index (χ0n) is 12.2. The maximum absolute atomic E-state index is 11.0. The lowest BCUT2D eigenvalue weighted by atomic mass is 10.1. The molecular formula is C12H24O7S2. The van der Waals surface area contributed by atoms with Gasteiger partial charge in [-0.2, -0.15) is 8.42 Å². The van der Waals surface area contributed by atoms with Gasteiger partial charge in [0.15, 0.2) is 11.1 Å². The first-order valence-corrected chi connectivity index (χ1v) is 9.66.